The van der Waals surface area contributed by atoms with E-state index in [0.29, 0.717) is 0 Å². The summed E-state index contributed by atoms with van der Waals surface area (Å²) in [5, 5.41) is 18.6. The molecule has 0 aromatic heterocycles. The fraction of sp³-hybridized carbons (Fsp3) is 0.333. The van der Waals surface area contributed by atoms with Gasteiger partial charge in [0.15, 0.2) is 0 Å². The highest BCUT2D eigenvalue weighted by Crippen LogP contribution is 2.13. The maximum Gasteiger partial charge on any atom is 0.116 e. The van der Waals surface area contributed by atoms with Crippen molar-refractivity contribution in [1.29, 1.82) is 0 Å². The Bertz CT molecular complexity index is 626. The Hall–Kier alpha value is -1.30. The number of fused-ring (bicyclic) bond motifs is 1. The van der Waals surface area contributed by atoms with Crippen molar-refractivity contribution in [1.82, 2.24) is 10.6 Å². The minimum atomic E-state index is 0. The van der Waals surface area contributed by atoms with Gasteiger partial charge in [0.2, 0.25) is 0 Å². The molecule has 0 radical (unpaired) electrons. The number of nitrogens with one attached hydrogen (secondary N) is 2. The molecule has 108 valence electrons. The second-order valence-electron chi connectivity index (χ2n) is 5.15. The quantitative estimate of drug-likeness (QED) is 0.584. The summed E-state index contributed by atoms with van der Waals surface area (Å²) in [5.74, 6) is 0.290. The van der Waals surface area contributed by atoms with Crippen LogP contribution in [0, 0.1) is 0 Å². The molecule has 0 amide bonds. The first-order chi connectivity index (χ1) is 9.24. The molecule has 5 heteroatoms. The van der Waals surface area contributed by atoms with Crippen LogP contribution in [-0.2, 0) is 0 Å². The van der Waals surface area contributed by atoms with Crippen LogP contribution in [-0.4, -0.2) is 23.7 Å². The van der Waals surface area contributed by atoms with Gasteiger partial charge in [0, 0.05) is 29.2 Å². The van der Waals surface area contributed by atoms with Gasteiger partial charge < -0.3 is 21.5 Å². The summed E-state index contributed by atoms with van der Waals surface area (Å²) in [6.45, 7) is 0.942. The molecule has 2 heterocycles. The predicted molar refractivity (Wildman–Crippen MR) is 86.8 cm³/mol. The standard InChI is InChI=1S/C15H19N3O.BrH/c16-11-5-7-17-14(9-11)15-13-4-3-12(19)8-10(13)2-1-6-18-15;/h1-4,6,8,11,14,17-19H,5,7,9,16H2;1H. The SMILES string of the molecule is Br.NC1CCNC(C2=c3ccc(O)cc3=CC=CN2)C1. The molecule has 2 atom stereocenters. The van der Waals surface area contributed by atoms with Crippen molar-refractivity contribution in [2.75, 3.05) is 6.54 Å². The summed E-state index contributed by atoms with van der Waals surface area (Å²) >= 11 is 0. The van der Waals surface area contributed by atoms with Crippen molar-refractivity contribution in [3.63, 3.8) is 0 Å². The van der Waals surface area contributed by atoms with Gasteiger partial charge >= 0.3 is 0 Å². The number of aromatic hydroxyl groups is 1. The molecule has 1 aromatic rings. The van der Waals surface area contributed by atoms with Crippen LogP contribution in [0.5, 0.6) is 5.75 Å². The van der Waals surface area contributed by atoms with E-state index in [1.807, 2.05) is 24.4 Å². The van der Waals surface area contributed by atoms with Gasteiger partial charge in [-0.25, -0.2) is 0 Å². The van der Waals surface area contributed by atoms with E-state index in [1.54, 1.807) is 12.1 Å². The summed E-state index contributed by atoms with van der Waals surface area (Å²) in [7, 11) is 0. The largest absolute Gasteiger partial charge is 0.508 e. The fourth-order valence-electron chi connectivity index (χ4n) is 2.76. The zero-order chi connectivity index (χ0) is 13.2. The molecular formula is C15H20BrN3O. The number of allylic oxidation sites excluding steroid dienone is 1. The van der Waals surface area contributed by atoms with Gasteiger partial charge in [0.05, 0.1) is 0 Å². The Morgan fingerprint density at radius 3 is 2.95 bits per heavy atom. The van der Waals surface area contributed by atoms with Crippen molar-refractivity contribution in [3.8, 4) is 5.75 Å². The number of piperidine rings is 1. The predicted octanol–water partition coefficient (Wildman–Crippen LogP) is 0.0550. The van der Waals surface area contributed by atoms with E-state index in [2.05, 4.69) is 10.6 Å². The van der Waals surface area contributed by atoms with E-state index in [0.717, 1.165) is 35.5 Å². The van der Waals surface area contributed by atoms with E-state index >= 15 is 0 Å². The van der Waals surface area contributed by atoms with Gasteiger partial charge in [-0.15, -0.1) is 17.0 Å². The average molecular weight is 338 g/mol. The third-order valence-corrected chi connectivity index (χ3v) is 3.73. The van der Waals surface area contributed by atoms with Gasteiger partial charge in [-0.2, -0.15) is 0 Å². The molecule has 0 bridgehead atoms. The monoisotopic (exact) mass is 337 g/mol. The molecule has 0 saturated carbocycles. The lowest BCUT2D eigenvalue weighted by molar-refractivity contribution is 0.405. The maximum absolute atomic E-state index is 9.61. The van der Waals surface area contributed by atoms with E-state index in [1.165, 1.54) is 0 Å². The van der Waals surface area contributed by atoms with E-state index in [9.17, 15) is 5.11 Å². The second-order valence-corrected chi connectivity index (χ2v) is 5.15. The topological polar surface area (TPSA) is 70.3 Å². The zero-order valence-electron chi connectivity index (χ0n) is 11.2. The number of hydrogen-bond donors (Lipinski definition) is 4. The van der Waals surface area contributed by atoms with Crippen LogP contribution in [0.15, 0.2) is 30.5 Å². The maximum atomic E-state index is 9.61. The lowest BCUT2D eigenvalue weighted by Crippen LogP contribution is -2.49. The average Bonchev–Trinajstić information content (AvgIpc) is 2.60. The van der Waals surface area contributed by atoms with Crippen molar-refractivity contribution in [3.05, 3.63) is 40.9 Å². The minimum Gasteiger partial charge on any atom is -0.508 e. The second kappa shape index (κ2) is 6.43. The van der Waals surface area contributed by atoms with Gasteiger partial charge in [-0.05, 0) is 48.9 Å². The molecule has 5 N–H and O–H groups in total. The number of rotatable bonds is 1. The Morgan fingerprint density at radius 2 is 2.15 bits per heavy atom. The van der Waals surface area contributed by atoms with E-state index in [4.69, 9.17) is 5.73 Å². The molecule has 1 saturated heterocycles. The van der Waals surface area contributed by atoms with E-state index in [-0.39, 0.29) is 34.8 Å². The first-order valence-electron chi connectivity index (χ1n) is 6.69. The minimum absolute atomic E-state index is 0. The normalized spacial score (nSPS) is 24.8. The molecule has 0 aliphatic carbocycles. The third kappa shape index (κ3) is 3.06. The first-order valence-corrected chi connectivity index (χ1v) is 6.69. The summed E-state index contributed by atoms with van der Waals surface area (Å²) in [6.07, 6.45) is 7.82. The number of phenolic OH excluding ortho intramolecular Hbond substituents is 1. The Kier molecular flexibility index (Phi) is 4.86. The number of halogens is 1. The highest BCUT2D eigenvalue weighted by Gasteiger charge is 2.22. The van der Waals surface area contributed by atoms with Crippen LogP contribution < -0.4 is 26.8 Å². The van der Waals surface area contributed by atoms with Crippen LogP contribution in [0.3, 0.4) is 0 Å². The summed E-state index contributed by atoms with van der Waals surface area (Å²) < 4.78 is 0. The lowest BCUT2D eigenvalue weighted by Gasteiger charge is -2.30. The smallest absolute Gasteiger partial charge is 0.116 e. The molecule has 2 aliphatic rings. The van der Waals surface area contributed by atoms with Crippen LogP contribution in [0.1, 0.15) is 12.8 Å². The third-order valence-electron chi connectivity index (χ3n) is 3.73. The molecule has 1 aromatic carbocycles. The Morgan fingerprint density at radius 1 is 1.30 bits per heavy atom. The first kappa shape index (κ1) is 15.1. The molecule has 1 fully saturated rings. The van der Waals surface area contributed by atoms with Crippen LogP contribution in [0.2, 0.25) is 0 Å². The molecule has 2 unspecified atom stereocenters. The molecule has 0 spiro atoms. The Labute approximate surface area is 128 Å². The van der Waals surface area contributed by atoms with Crippen LogP contribution in [0.4, 0.5) is 0 Å². The molecule has 4 nitrogen and oxygen atoms in total. The van der Waals surface area contributed by atoms with Crippen LogP contribution in [0.25, 0.3) is 11.8 Å². The van der Waals surface area contributed by atoms with Gasteiger partial charge in [0.25, 0.3) is 0 Å². The summed E-state index contributed by atoms with van der Waals surface area (Å²) in [5.41, 5.74) is 7.20. The highest BCUT2D eigenvalue weighted by atomic mass is 79.9. The van der Waals surface area contributed by atoms with E-state index < -0.39 is 0 Å². The van der Waals surface area contributed by atoms with Crippen molar-refractivity contribution in [2.24, 2.45) is 5.73 Å². The molecule has 2 aliphatic heterocycles. The fourth-order valence-corrected chi connectivity index (χ4v) is 2.76. The zero-order valence-corrected chi connectivity index (χ0v) is 12.9. The number of benzene rings is 1. The van der Waals surface area contributed by atoms with Gasteiger partial charge in [0.1, 0.15) is 5.75 Å². The lowest BCUT2D eigenvalue weighted by atomic mass is 9.96. The summed E-state index contributed by atoms with van der Waals surface area (Å²) in [4.78, 5) is 0. The molecular weight excluding hydrogens is 318 g/mol. The highest BCUT2D eigenvalue weighted by molar-refractivity contribution is 8.93. The Balaban J connectivity index is 0.00000147. The van der Waals surface area contributed by atoms with Crippen molar-refractivity contribution >= 4 is 28.8 Å². The van der Waals surface area contributed by atoms with Crippen molar-refractivity contribution in [2.45, 2.75) is 24.9 Å². The molecule has 20 heavy (non-hydrogen) atoms. The number of phenols is 1. The summed E-state index contributed by atoms with van der Waals surface area (Å²) in [6, 6.07) is 5.96. The van der Waals surface area contributed by atoms with Crippen LogP contribution >= 0.6 is 17.0 Å². The van der Waals surface area contributed by atoms with Crippen molar-refractivity contribution < 1.29 is 5.11 Å². The molecule has 3 rings (SSSR count). The number of nitrogens with two attached hydrogens (primary N) is 1. The van der Waals surface area contributed by atoms with Gasteiger partial charge in [-0.3, -0.25) is 0 Å². The van der Waals surface area contributed by atoms with Gasteiger partial charge in [-0.1, -0.05) is 6.08 Å². The number of hydrogen-bond acceptors (Lipinski definition) is 4.